The van der Waals surface area contributed by atoms with Gasteiger partial charge in [-0.15, -0.1) is 0 Å². The van der Waals surface area contributed by atoms with Crippen molar-refractivity contribution in [3.05, 3.63) is 59.3 Å². The largest absolute Gasteiger partial charge is 0.462 e. The van der Waals surface area contributed by atoms with Crippen molar-refractivity contribution in [2.24, 2.45) is 0 Å². The molecule has 3 aromatic rings. The van der Waals surface area contributed by atoms with E-state index in [1.165, 1.54) is 0 Å². The van der Waals surface area contributed by atoms with E-state index in [2.05, 4.69) is 23.5 Å². The molecule has 1 heterocycles. The first-order chi connectivity index (χ1) is 9.29. The van der Waals surface area contributed by atoms with Gasteiger partial charge in [0.15, 0.2) is 5.58 Å². The summed E-state index contributed by atoms with van der Waals surface area (Å²) in [6, 6.07) is 14.3. The predicted molar refractivity (Wildman–Crippen MR) is 79.4 cm³/mol. The van der Waals surface area contributed by atoms with E-state index in [4.69, 9.17) is 16.0 Å². The predicted octanol–water partition coefficient (Wildman–Crippen LogP) is 4.47. The third kappa shape index (κ3) is 2.25. The average Bonchev–Trinajstić information content (AvgIpc) is 2.84. The van der Waals surface area contributed by atoms with E-state index in [0.717, 1.165) is 34.2 Å². The molecule has 0 aliphatic carbocycles. The summed E-state index contributed by atoms with van der Waals surface area (Å²) < 4.78 is 5.55. The molecule has 0 fully saturated rings. The van der Waals surface area contributed by atoms with Crippen LogP contribution in [0.15, 0.2) is 53.1 Å². The fourth-order valence-electron chi connectivity index (χ4n) is 2.27. The Morgan fingerprint density at radius 2 is 1.89 bits per heavy atom. The molecule has 0 radical (unpaired) electrons. The molecule has 19 heavy (non-hydrogen) atoms. The van der Waals surface area contributed by atoms with Crippen molar-refractivity contribution in [1.82, 2.24) is 5.32 Å². The average molecular weight is 272 g/mol. The highest BCUT2D eigenvalue weighted by atomic mass is 35.5. The molecule has 0 spiro atoms. The molecule has 0 aliphatic heterocycles. The first kappa shape index (κ1) is 12.3. The van der Waals surface area contributed by atoms with Crippen molar-refractivity contribution >= 4 is 22.6 Å². The van der Waals surface area contributed by atoms with Gasteiger partial charge in [0, 0.05) is 17.5 Å². The van der Waals surface area contributed by atoms with Crippen LogP contribution in [0, 0.1) is 0 Å². The third-order valence-corrected chi connectivity index (χ3v) is 3.46. The van der Waals surface area contributed by atoms with Crippen LogP contribution >= 0.6 is 11.6 Å². The Labute approximate surface area is 117 Å². The molecule has 0 unspecified atom stereocenters. The summed E-state index contributed by atoms with van der Waals surface area (Å²) in [5.74, 6) is 0. The Hall–Kier alpha value is -1.77. The summed E-state index contributed by atoms with van der Waals surface area (Å²) >= 11 is 6.31. The maximum Gasteiger partial charge on any atom is 0.152 e. The molecule has 2 nitrogen and oxygen atoms in total. The Morgan fingerprint density at radius 3 is 2.63 bits per heavy atom. The Bertz CT molecular complexity index is 703. The molecule has 0 amide bonds. The molecule has 1 aromatic heterocycles. The number of furan rings is 1. The van der Waals surface area contributed by atoms with Gasteiger partial charge in [0.05, 0.1) is 11.3 Å². The third-order valence-electron chi connectivity index (χ3n) is 3.18. The van der Waals surface area contributed by atoms with Crippen LogP contribution in [0.3, 0.4) is 0 Å². The minimum Gasteiger partial charge on any atom is -0.462 e. The van der Waals surface area contributed by atoms with E-state index in [1.807, 2.05) is 31.3 Å². The van der Waals surface area contributed by atoms with Crippen molar-refractivity contribution in [3.63, 3.8) is 0 Å². The van der Waals surface area contributed by atoms with Gasteiger partial charge in [-0.1, -0.05) is 41.9 Å². The molecule has 0 bridgehead atoms. The molecule has 0 aliphatic rings. The van der Waals surface area contributed by atoms with E-state index in [-0.39, 0.29) is 0 Å². The van der Waals surface area contributed by atoms with Crippen LogP contribution < -0.4 is 5.32 Å². The van der Waals surface area contributed by atoms with Crippen LogP contribution in [0.25, 0.3) is 22.1 Å². The van der Waals surface area contributed by atoms with Crippen LogP contribution in [0.1, 0.15) is 5.56 Å². The van der Waals surface area contributed by atoms with Crippen molar-refractivity contribution in [2.75, 3.05) is 7.05 Å². The van der Waals surface area contributed by atoms with Crippen molar-refractivity contribution in [2.45, 2.75) is 6.54 Å². The van der Waals surface area contributed by atoms with Crippen LogP contribution in [0.4, 0.5) is 0 Å². The highest BCUT2D eigenvalue weighted by Crippen LogP contribution is 2.33. The Morgan fingerprint density at radius 1 is 1.11 bits per heavy atom. The van der Waals surface area contributed by atoms with Gasteiger partial charge in [-0.2, -0.15) is 0 Å². The molecule has 3 heteroatoms. The second-order valence-electron chi connectivity index (χ2n) is 4.49. The van der Waals surface area contributed by atoms with Crippen LogP contribution in [-0.2, 0) is 6.54 Å². The summed E-state index contributed by atoms with van der Waals surface area (Å²) in [6.45, 7) is 0.765. The zero-order valence-electron chi connectivity index (χ0n) is 10.6. The lowest BCUT2D eigenvalue weighted by atomic mass is 10.0. The zero-order valence-corrected chi connectivity index (χ0v) is 11.4. The van der Waals surface area contributed by atoms with Crippen LogP contribution in [0.2, 0.25) is 5.02 Å². The lowest BCUT2D eigenvalue weighted by Crippen LogP contribution is -2.03. The number of rotatable bonds is 3. The molecular weight excluding hydrogens is 258 g/mol. The topological polar surface area (TPSA) is 25.2 Å². The van der Waals surface area contributed by atoms with Gasteiger partial charge in [0.2, 0.25) is 0 Å². The molecule has 0 atom stereocenters. The number of fused-ring (bicyclic) bond motifs is 1. The fraction of sp³-hybridized carbons (Fsp3) is 0.125. The quantitative estimate of drug-likeness (QED) is 0.760. The normalized spacial score (nSPS) is 11.1. The minimum atomic E-state index is 0.652. The molecule has 0 saturated heterocycles. The van der Waals surface area contributed by atoms with Gasteiger partial charge < -0.3 is 9.73 Å². The Balaban J connectivity index is 2.20. The summed E-state index contributed by atoms with van der Waals surface area (Å²) in [5.41, 5.74) is 4.14. The van der Waals surface area contributed by atoms with E-state index >= 15 is 0 Å². The van der Waals surface area contributed by atoms with Gasteiger partial charge in [-0.3, -0.25) is 0 Å². The lowest BCUT2D eigenvalue weighted by Gasteiger charge is -2.04. The van der Waals surface area contributed by atoms with E-state index in [1.54, 1.807) is 6.26 Å². The number of halogens is 1. The first-order valence-electron chi connectivity index (χ1n) is 6.19. The summed E-state index contributed by atoms with van der Waals surface area (Å²) in [6.07, 6.45) is 1.77. The monoisotopic (exact) mass is 271 g/mol. The molecule has 3 rings (SSSR count). The van der Waals surface area contributed by atoms with Gasteiger partial charge in [-0.25, -0.2) is 0 Å². The van der Waals surface area contributed by atoms with Gasteiger partial charge in [-0.05, 0) is 30.3 Å². The second-order valence-corrected chi connectivity index (χ2v) is 4.90. The maximum absolute atomic E-state index is 6.31. The smallest absolute Gasteiger partial charge is 0.152 e. The maximum atomic E-state index is 6.31. The van der Waals surface area contributed by atoms with Gasteiger partial charge in [0.1, 0.15) is 0 Å². The van der Waals surface area contributed by atoms with Crippen molar-refractivity contribution in [1.29, 1.82) is 0 Å². The molecule has 1 N–H and O–H groups in total. The summed E-state index contributed by atoms with van der Waals surface area (Å²) in [7, 11) is 1.92. The van der Waals surface area contributed by atoms with E-state index in [0.29, 0.717) is 5.02 Å². The molecule has 96 valence electrons. The second kappa shape index (κ2) is 5.08. The highest BCUT2D eigenvalue weighted by Gasteiger charge is 2.11. The number of hydrogen-bond donors (Lipinski definition) is 1. The fourth-order valence-corrected chi connectivity index (χ4v) is 2.53. The number of nitrogens with one attached hydrogen (secondary N) is 1. The SMILES string of the molecule is CNCc1coc2c(Cl)cc(-c3ccccc3)cc12. The molecule has 0 saturated carbocycles. The van der Waals surface area contributed by atoms with E-state index < -0.39 is 0 Å². The lowest BCUT2D eigenvalue weighted by molar-refractivity contribution is 0.607. The zero-order chi connectivity index (χ0) is 13.2. The summed E-state index contributed by atoms with van der Waals surface area (Å²) in [5, 5.41) is 4.86. The minimum absolute atomic E-state index is 0.652. The Kier molecular flexibility index (Phi) is 3.28. The first-order valence-corrected chi connectivity index (χ1v) is 6.57. The van der Waals surface area contributed by atoms with Crippen LogP contribution in [0.5, 0.6) is 0 Å². The summed E-state index contributed by atoms with van der Waals surface area (Å²) in [4.78, 5) is 0. The number of hydrogen-bond acceptors (Lipinski definition) is 2. The highest BCUT2D eigenvalue weighted by molar-refractivity contribution is 6.35. The van der Waals surface area contributed by atoms with Crippen molar-refractivity contribution in [3.8, 4) is 11.1 Å². The van der Waals surface area contributed by atoms with Crippen molar-refractivity contribution < 1.29 is 4.42 Å². The van der Waals surface area contributed by atoms with Gasteiger partial charge >= 0.3 is 0 Å². The van der Waals surface area contributed by atoms with Crippen LogP contribution in [-0.4, -0.2) is 7.05 Å². The standard InChI is InChI=1S/C16H14ClNO/c1-18-9-13-10-19-16-14(13)7-12(8-15(16)17)11-5-3-2-4-6-11/h2-8,10,18H,9H2,1H3. The number of benzene rings is 2. The molecule has 2 aromatic carbocycles. The molecular formula is C16H14ClNO. The van der Waals surface area contributed by atoms with E-state index in [9.17, 15) is 0 Å². The van der Waals surface area contributed by atoms with Gasteiger partial charge in [0.25, 0.3) is 0 Å².